The monoisotopic (exact) mass is 410 g/mol. The normalized spacial score (nSPS) is 18.9. The van der Waals surface area contributed by atoms with Crippen molar-refractivity contribution in [2.45, 2.75) is 43.9 Å². The maximum atomic E-state index is 13.5. The largest absolute Gasteiger partial charge is 0.506 e. The van der Waals surface area contributed by atoms with Gasteiger partial charge in [0.25, 0.3) is 0 Å². The quantitative estimate of drug-likeness (QED) is 0.742. The lowest BCUT2D eigenvalue weighted by Crippen LogP contribution is -2.49. The minimum absolute atomic E-state index is 0.0425. The highest BCUT2D eigenvalue weighted by Gasteiger charge is 2.45. The Labute approximate surface area is 175 Å². The highest BCUT2D eigenvalue weighted by atomic mass is 19.1. The van der Waals surface area contributed by atoms with Gasteiger partial charge in [-0.25, -0.2) is 4.39 Å². The molecule has 2 aliphatic rings. The lowest BCUT2D eigenvalue weighted by atomic mass is 9.77. The number of amides is 2. The number of nitrogens with one attached hydrogen (secondary N) is 1. The first kappa shape index (κ1) is 20.4. The molecular weight excluding hydrogens is 383 g/mol. The predicted octanol–water partition coefficient (Wildman–Crippen LogP) is 4.22. The molecule has 2 fully saturated rings. The van der Waals surface area contributed by atoms with Gasteiger partial charge in [-0.05, 0) is 55.5 Å². The lowest BCUT2D eigenvalue weighted by Gasteiger charge is -2.38. The number of likely N-dealkylation sites (tertiary alicyclic amines) is 1. The summed E-state index contributed by atoms with van der Waals surface area (Å²) >= 11 is 0. The second kappa shape index (κ2) is 8.46. The molecule has 2 N–H and O–H groups in total. The van der Waals surface area contributed by atoms with Gasteiger partial charge in [0, 0.05) is 19.0 Å². The molecule has 0 spiro atoms. The van der Waals surface area contributed by atoms with Crippen LogP contribution in [-0.4, -0.2) is 34.9 Å². The fourth-order valence-electron chi connectivity index (χ4n) is 4.84. The number of hydrogen-bond donors (Lipinski definition) is 2. The number of aromatic hydroxyl groups is 1. The first-order valence-electron chi connectivity index (χ1n) is 10.6. The molecule has 0 atom stereocenters. The van der Waals surface area contributed by atoms with Crippen molar-refractivity contribution < 1.29 is 19.1 Å². The Morgan fingerprint density at radius 3 is 2.27 bits per heavy atom. The topological polar surface area (TPSA) is 69.6 Å². The van der Waals surface area contributed by atoms with Gasteiger partial charge in [0.2, 0.25) is 11.8 Å². The Hall–Kier alpha value is -2.89. The summed E-state index contributed by atoms with van der Waals surface area (Å²) in [5.74, 6) is -0.473. The SMILES string of the molecule is O=C(Nc1ccccc1O)C1CCN(C(=O)C2(c3ccc(F)cc3)CCCC2)CC1. The summed E-state index contributed by atoms with van der Waals surface area (Å²) in [5.41, 5.74) is 0.728. The van der Waals surface area contributed by atoms with Gasteiger partial charge in [0.15, 0.2) is 0 Å². The van der Waals surface area contributed by atoms with Crippen LogP contribution in [0.4, 0.5) is 10.1 Å². The van der Waals surface area contributed by atoms with Crippen LogP contribution in [0, 0.1) is 11.7 Å². The smallest absolute Gasteiger partial charge is 0.233 e. The van der Waals surface area contributed by atoms with E-state index in [0.717, 1.165) is 31.2 Å². The standard InChI is InChI=1S/C24H27FN2O3/c25-19-9-7-18(8-10-19)24(13-3-4-14-24)23(30)27-15-11-17(12-16-27)22(29)26-20-5-1-2-6-21(20)28/h1-2,5-10,17,28H,3-4,11-16H2,(H,26,29). The summed E-state index contributed by atoms with van der Waals surface area (Å²) in [7, 11) is 0. The molecule has 158 valence electrons. The average Bonchev–Trinajstić information content (AvgIpc) is 3.26. The first-order valence-corrected chi connectivity index (χ1v) is 10.6. The van der Waals surface area contributed by atoms with Crippen molar-refractivity contribution in [3.8, 4) is 5.75 Å². The number of halogens is 1. The van der Waals surface area contributed by atoms with Gasteiger partial charge in [-0.1, -0.05) is 37.1 Å². The molecule has 0 aromatic heterocycles. The van der Waals surface area contributed by atoms with E-state index in [1.54, 1.807) is 30.3 Å². The number of phenols is 1. The van der Waals surface area contributed by atoms with Gasteiger partial charge in [0.1, 0.15) is 11.6 Å². The maximum absolute atomic E-state index is 13.5. The van der Waals surface area contributed by atoms with E-state index in [-0.39, 0.29) is 29.3 Å². The number of carbonyl (C=O) groups excluding carboxylic acids is 2. The summed E-state index contributed by atoms with van der Waals surface area (Å²) in [6.07, 6.45) is 4.72. The molecule has 1 saturated carbocycles. The molecule has 6 heteroatoms. The minimum atomic E-state index is -0.571. The number of piperidine rings is 1. The third kappa shape index (κ3) is 3.91. The van der Waals surface area contributed by atoms with Crippen LogP contribution in [0.5, 0.6) is 5.75 Å². The number of anilines is 1. The van der Waals surface area contributed by atoms with Gasteiger partial charge < -0.3 is 15.3 Å². The van der Waals surface area contributed by atoms with Gasteiger partial charge in [-0.3, -0.25) is 9.59 Å². The molecule has 1 aliphatic carbocycles. The molecule has 0 bridgehead atoms. The van der Waals surface area contributed by atoms with Crippen LogP contribution in [-0.2, 0) is 15.0 Å². The van der Waals surface area contributed by atoms with Crippen LogP contribution in [0.3, 0.4) is 0 Å². The lowest BCUT2D eigenvalue weighted by molar-refractivity contribution is -0.140. The Morgan fingerprint density at radius 2 is 1.63 bits per heavy atom. The number of rotatable bonds is 4. The Balaban J connectivity index is 1.41. The number of nitrogens with zero attached hydrogens (tertiary/aromatic N) is 1. The number of benzene rings is 2. The maximum Gasteiger partial charge on any atom is 0.233 e. The van der Waals surface area contributed by atoms with Crippen molar-refractivity contribution in [3.63, 3.8) is 0 Å². The fourth-order valence-corrected chi connectivity index (χ4v) is 4.84. The van der Waals surface area contributed by atoms with Gasteiger partial charge in [0.05, 0.1) is 11.1 Å². The molecule has 0 unspecified atom stereocenters. The van der Waals surface area contributed by atoms with Crippen molar-refractivity contribution in [2.24, 2.45) is 5.92 Å². The Morgan fingerprint density at radius 1 is 1.00 bits per heavy atom. The fraction of sp³-hybridized carbons (Fsp3) is 0.417. The second-order valence-corrected chi connectivity index (χ2v) is 8.37. The first-order chi connectivity index (χ1) is 14.5. The van der Waals surface area contributed by atoms with Crippen LogP contribution in [0.15, 0.2) is 48.5 Å². The van der Waals surface area contributed by atoms with Gasteiger partial charge in [-0.2, -0.15) is 0 Å². The van der Waals surface area contributed by atoms with E-state index >= 15 is 0 Å². The molecule has 0 radical (unpaired) electrons. The van der Waals surface area contributed by atoms with Crippen molar-refractivity contribution >= 4 is 17.5 Å². The third-order valence-electron chi connectivity index (χ3n) is 6.58. The number of hydrogen-bond acceptors (Lipinski definition) is 3. The third-order valence-corrected chi connectivity index (χ3v) is 6.58. The number of para-hydroxylation sites is 2. The van der Waals surface area contributed by atoms with E-state index in [9.17, 15) is 19.1 Å². The zero-order chi connectivity index (χ0) is 21.1. The van der Waals surface area contributed by atoms with E-state index in [1.807, 2.05) is 4.90 Å². The van der Waals surface area contributed by atoms with Crippen molar-refractivity contribution in [1.29, 1.82) is 0 Å². The molecule has 1 heterocycles. The zero-order valence-corrected chi connectivity index (χ0v) is 16.9. The van der Waals surface area contributed by atoms with Crippen LogP contribution in [0.1, 0.15) is 44.1 Å². The molecule has 1 aliphatic heterocycles. The van der Waals surface area contributed by atoms with E-state index in [1.165, 1.54) is 18.2 Å². The van der Waals surface area contributed by atoms with Crippen LogP contribution in [0.25, 0.3) is 0 Å². The van der Waals surface area contributed by atoms with Gasteiger partial charge >= 0.3 is 0 Å². The van der Waals surface area contributed by atoms with Crippen LogP contribution in [0.2, 0.25) is 0 Å². The molecule has 30 heavy (non-hydrogen) atoms. The van der Waals surface area contributed by atoms with Crippen LogP contribution < -0.4 is 5.32 Å². The Bertz CT molecular complexity index is 914. The molecule has 4 rings (SSSR count). The summed E-state index contributed by atoms with van der Waals surface area (Å²) in [5, 5.41) is 12.6. The summed E-state index contributed by atoms with van der Waals surface area (Å²) in [4.78, 5) is 28.0. The summed E-state index contributed by atoms with van der Waals surface area (Å²) < 4.78 is 13.4. The van der Waals surface area contributed by atoms with Crippen molar-refractivity contribution in [1.82, 2.24) is 4.90 Å². The highest BCUT2D eigenvalue weighted by Crippen LogP contribution is 2.43. The number of carbonyl (C=O) groups is 2. The summed E-state index contributed by atoms with van der Waals surface area (Å²) in [6.45, 7) is 1.06. The molecular formula is C24H27FN2O3. The van der Waals surface area contributed by atoms with Crippen molar-refractivity contribution in [3.05, 3.63) is 59.9 Å². The minimum Gasteiger partial charge on any atom is -0.506 e. The molecule has 2 aromatic carbocycles. The Kier molecular flexibility index (Phi) is 5.75. The van der Waals surface area contributed by atoms with Gasteiger partial charge in [-0.15, -0.1) is 0 Å². The summed E-state index contributed by atoms with van der Waals surface area (Å²) in [6, 6.07) is 13.0. The average molecular weight is 410 g/mol. The second-order valence-electron chi connectivity index (χ2n) is 8.37. The van der Waals surface area contributed by atoms with E-state index in [4.69, 9.17) is 0 Å². The van der Waals surface area contributed by atoms with Crippen LogP contribution >= 0.6 is 0 Å². The van der Waals surface area contributed by atoms with E-state index < -0.39 is 5.41 Å². The highest BCUT2D eigenvalue weighted by molar-refractivity contribution is 5.94. The molecule has 2 aromatic rings. The zero-order valence-electron chi connectivity index (χ0n) is 16.9. The van der Waals surface area contributed by atoms with E-state index in [2.05, 4.69) is 5.32 Å². The van der Waals surface area contributed by atoms with E-state index in [0.29, 0.717) is 31.6 Å². The molecule has 1 saturated heterocycles. The molecule has 5 nitrogen and oxygen atoms in total. The molecule has 2 amide bonds. The predicted molar refractivity (Wildman–Crippen MR) is 113 cm³/mol. The van der Waals surface area contributed by atoms with Crippen molar-refractivity contribution in [2.75, 3.05) is 18.4 Å². The number of phenolic OH excluding ortho intramolecular Hbond substituents is 1.